The molecule has 0 aliphatic heterocycles. The second-order valence-electron chi connectivity index (χ2n) is 3.12. The van der Waals surface area contributed by atoms with Crippen molar-refractivity contribution < 1.29 is 0 Å². The molecule has 3 nitrogen and oxygen atoms in total. The van der Waals surface area contributed by atoms with Crippen LogP contribution < -0.4 is 5.73 Å². The summed E-state index contributed by atoms with van der Waals surface area (Å²) >= 11 is 0. The maximum absolute atomic E-state index is 7.12. The molecule has 3 heteroatoms. The quantitative estimate of drug-likeness (QED) is 0.542. The largest absolute Gasteiger partial charge is 0.388 e. The topological polar surface area (TPSA) is 62.8 Å². The summed E-state index contributed by atoms with van der Waals surface area (Å²) in [7, 11) is 0. The lowest BCUT2D eigenvalue weighted by Crippen LogP contribution is -2.10. The zero-order valence-electron chi connectivity index (χ0n) is 7.96. The van der Waals surface area contributed by atoms with Crippen LogP contribution in [0.1, 0.15) is 23.1 Å². The summed E-state index contributed by atoms with van der Waals surface area (Å²) in [5.74, 6) is 0.190. The van der Waals surface area contributed by atoms with E-state index in [1.807, 2.05) is 32.7 Å². The fraction of sp³-hybridized carbons (Fsp3) is 0.300. The van der Waals surface area contributed by atoms with Crippen molar-refractivity contribution in [1.82, 2.24) is 4.98 Å². The van der Waals surface area contributed by atoms with Crippen molar-refractivity contribution in [1.29, 1.82) is 5.41 Å². The molecule has 1 heterocycles. The maximum atomic E-state index is 7.12. The van der Waals surface area contributed by atoms with Gasteiger partial charge in [-0.3, -0.25) is 10.4 Å². The van der Waals surface area contributed by atoms with E-state index in [4.69, 9.17) is 11.1 Å². The van der Waals surface area contributed by atoms with E-state index in [-0.39, 0.29) is 5.84 Å². The Morgan fingerprint density at radius 3 is 2.46 bits per heavy atom. The summed E-state index contributed by atoms with van der Waals surface area (Å²) < 4.78 is 0. The number of pyridine rings is 1. The Morgan fingerprint density at radius 2 is 2.00 bits per heavy atom. The third-order valence-electron chi connectivity index (χ3n) is 1.91. The van der Waals surface area contributed by atoms with Crippen LogP contribution in [-0.4, -0.2) is 10.8 Å². The van der Waals surface area contributed by atoms with Crippen molar-refractivity contribution in [3.05, 3.63) is 35.5 Å². The van der Waals surface area contributed by atoms with Gasteiger partial charge in [0.1, 0.15) is 0 Å². The van der Waals surface area contributed by atoms with Crippen molar-refractivity contribution in [2.45, 2.75) is 20.3 Å². The lowest BCUT2D eigenvalue weighted by Gasteiger charge is -2.07. The second-order valence-corrected chi connectivity index (χ2v) is 3.12. The molecular formula is C10H14N3. The number of nitrogens with two attached hydrogens (primary N) is 1. The molecule has 0 fully saturated rings. The van der Waals surface area contributed by atoms with Crippen LogP contribution in [0.15, 0.2) is 12.4 Å². The molecule has 0 saturated carbocycles. The van der Waals surface area contributed by atoms with Gasteiger partial charge in [0.25, 0.3) is 0 Å². The van der Waals surface area contributed by atoms with Crippen molar-refractivity contribution in [3.63, 3.8) is 0 Å². The third kappa shape index (κ3) is 2.54. The number of nitrogens with zero attached hydrogens (tertiary/aromatic N) is 1. The smallest absolute Gasteiger partial charge is 0.0911 e. The molecule has 1 aromatic heterocycles. The van der Waals surface area contributed by atoms with Crippen LogP contribution in [0.2, 0.25) is 0 Å². The van der Waals surface area contributed by atoms with Crippen LogP contribution >= 0.6 is 0 Å². The van der Waals surface area contributed by atoms with E-state index < -0.39 is 0 Å². The van der Waals surface area contributed by atoms with E-state index in [1.54, 1.807) is 0 Å². The number of amidine groups is 1. The molecule has 0 amide bonds. The van der Waals surface area contributed by atoms with E-state index in [0.29, 0.717) is 6.42 Å². The average Bonchev–Trinajstić information content (AvgIpc) is 2.03. The molecule has 13 heavy (non-hydrogen) atoms. The fourth-order valence-electron chi connectivity index (χ4n) is 1.24. The predicted octanol–water partition coefficient (Wildman–Crippen LogP) is 1.58. The van der Waals surface area contributed by atoms with Gasteiger partial charge in [-0.2, -0.15) is 0 Å². The maximum Gasteiger partial charge on any atom is 0.0911 e. The number of hydrogen-bond donors (Lipinski definition) is 2. The number of aromatic nitrogens is 1. The van der Waals surface area contributed by atoms with Gasteiger partial charge in [0.15, 0.2) is 0 Å². The Morgan fingerprint density at radius 1 is 1.46 bits per heavy atom. The minimum absolute atomic E-state index is 0.190. The highest BCUT2D eigenvalue weighted by Gasteiger charge is 2.03. The summed E-state index contributed by atoms with van der Waals surface area (Å²) in [6, 6.07) is 0. The second kappa shape index (κ2) is 4.03. The molecule has 1 aromatic rings. The highest BCUT2D eigenvalue weighted by molar-refractivity contribution is 5.78. The first kappa shape index (κ1) is 9.71. The first-order valence-corrected chi connectivity index (χ1v) is 4.18. The fourth-order valence-corrected chi connectivity index (χ4v) is 1.24. The van der Waals surface area contributed by atoms with Gasteiger partial charge in [-0.1, -0.05) is 0 Å². The van der Waals surface area contributed by atoms with E-state index in [9.17, 15) is 0 Å². The minimum Gasteiger partial charge on any atom is -0.388 e. The molecule has 0 aliphatic carbocycles. The number of aryl methyl sites for hydroxylation is 2. The number of hydrogen-bond acceptors (Lipinski definition) is 2. The summed E-state index contributed by atoms with van der Waals surface area (Å²) in [5.41, 5.74) is 8.67. The van der Waals surface area contributed by atoms with Gasteiger partial charge in [-0.05, 0) is 37.0 Å². The Balaban J connectivity index is 2.81. The van der Waals surface area contributed by atoms with Crippen LogP contribution in [0.4, 0.5) is 0 Å². The van der Waals surface area contributed by atoms with Crippen LogP contribution in [0, 0.1) is 25.7 Å². The number of rotatable bonds is 3. The van der Waals surface area contributed by atoms with Gasteiger partial charge >= 0.3 is 0 Å². The molecule has 0 bridgehead atoms. The van der Waals surface area contributed by atoms with Crippen LogP contribution in [0.3, 0.4) is 0 Å². The standard InChI is InChI=1S/C10H14N3/c1-7-5-13-6-8(2)9(7)3-4-10(11)12/h3,5-6H,4H2,1-2H3,(H3,11,12). The first-order valence-electron chi connectivity index (χ1n) is 4.18. The van der Waals surface area contributed by atoms with Crippen molar-refractivity contribution in [2.75, 3.05) is 0 Å². The Labute approximate surface area is 78.5 Å². The van der Waals surface area contributed by atoms with Gasteiger partial charge in [-0.15, -0.1) is 0 Å². The molecule has 0 unspecified atom stereocenters. The summed E-state index contributed by atoms with van der Waals surface area (Å²) in [6.45, 7) is 4.01. The minimum atomic E-state index is 0.190. The molecule has 69 valence electrons. The van der Waals surface area contributed by atoms with Gasteiger partial charge in [-0.25, -0.2) is 0 Å². The molecule has 0 spiro atoms. The highest BCUT2D eigenvalue weighted by atomic mass is 14.7. The summed E-state index contributed by atoms with van der Waals surface area (Å²) in [5, 5.41) is 7.12. The lowest BCUT2D eigenvalue weighted by atomic mass is 10.0. The Bertz CT molecular complexity index is 298. The van der Waals surface area contributed by atoms with Gasteiger partial charge < -0.3 is 5.73 Å². The van der Waals surface area contributed by atoms with E-state index in [1.165, 1.54) is 0 Å². The SMILES string of the molecule is Cc1cncc(C)c1[CH]CC(=N)N. The lowest BCUT2D eigenvalue weighted by molar-refractivity contribution is 1.13. The number of nitrogens with one attached hydrogen (secondary N) is 1. The Kier molecular flexibility index (Phi) is 3.01. The zero-order valence-corrected chi connectivity index (χ0v) is 7.96. The molecule has 3 N–H and O–H groups in total. The third-order valence-corrected chi connectivity index (χ3v) is 1.91. The summed E-state index contributed by atoms with van der Waals surface area (Å²) in [6.07, 6.45) is 6.11. The van der Waals surface area contributed by atoms with Crippen LogP contribution in [0.25, 0.3) is 0 Å². The van der Waals surface area contributed by atoms with E-state index >= 15 is 0 Å². The van der Waals surface area contributed by atoms with Gasteiger partial charge in [0.05, 0.1) is 5.84 Å². The van der Waals surface area contributed by atoms with Gasteiger partial charge in [0, 0.05) is 18.8 Å². The first-order chi connectivity index (χ1) is 6.11. The molecule has 0 saturated heterocycles. The van der Waals surface area contributed by atoms with Crippen molar-refractivity contribution in [2.24, 2.45) is 5.73 Å². The Hall–Kier alpha value is -1.38. The van der Waals surface area contributed by atoms with Crippen molar-refractivity contribution in [3.8, 4) is 0 Å². The van der Waals surface area contributed by atoms with E-state index in [0.717, 1.165) is 16.7 Å². The van der Waals surface area contributed by atoms with Gasteiger partial charge in [0.2, 0.25) is 0 Å². The molecule has 0 atom stereocenters. The van der Waals surface area contributed by atoms with E-state index in [2.05, 4.69) is 4.98 Å². The summed E-state index contributed by atoms with van der Waals surface area (Å²) in [4.78, 5) is 4.07. The molecule has 1 radical (unpaired) electrons. The van der Waals surface area contributed by atoms with Crippen molar-refractivity contribution >= 4 is 5.84 Å². The van der Waals surface area contributed by atoms with Crippen LogP contribution in [0.5, 0.6) is 0 Å². The molecule has 0 aromatic carbocycles. The molecule has 0 aliphatic rings. The normalized spacial score (nSPS) is 10.0. The molecular weight excluding hydrogens is 162 g/mol. The highest BCUT2D eigenvalue weighted by Crippen LogP contribution is 2.14. The van der Waals surface area contributed by atoms with Crippen LogP contribution in [-0.2, 0) is 0 Å². The predicted molar refractivity (Wildman–Crippen MR) is 53.6 cm³/mol. The zero-order chi connectivity index (χ0) is 9.84. The molecule has 1 rings (SSSR count). The monoisotopic (exact) mass is 176 g/mol. The average molecular weight is 176 g/mol.